The van der Waals surface area contributed by atoms with Crippen LogP contribution >= 0.6 is 0 Å². The zero-order valence-corrected chi connectivity index (χ0v) is 9.27. The zero-order valence-electron chi connectivity index (χ0n) is 9.27. The van der Waals surface area contributed by atoms with Crippen LogP contribution in [-0.4, -0.2) is 5.91 Å². The molecule has 0 aliphatic rings. The average molecular weight is 226 g/mol. The van der Waals surface area contributed by atoms with Crippen molar-refractivity contribution in [3.63, 3.8) is 0 Å². The van der Waals surface area contributed by atoms with E-state index >= 15 is 0 Å². The monoisotopic (exact) mass is 226 g/mol. The molecule has 0 unspecified atom stereocenters. The summed E-state index contributed by atoms with van der Waals surface area (Å²) in [5, 5.41) is 20.5. The number of amides is 1. The minimum atomic E-state index is -0.277. The van der Waals surface area contributed by atoms with E-state index in [1.807, 2.05) is 12.3 Å². The predicted octanol–water partition coefficient (Wildman–Crippen LogP) is 1.95. The number of carbonyl (C=O) groups excluding carboxylic acids is 1. The average Bonchev–Trinajstić information content (AvgIpc) is 2.30. The lowest BCUT2D eigenvalue weighted by molar-refractivity contribution is -0.114. The molecule has 1 aromatic rings. The Labute approximate surface area is 99.2 Å². The fourth-order valence-corrected chi connectivity index (χ4v) is 1.35. The van der Waals surface area contributed by atoms with Crippen molar-refractivity contribution in [1.82, 2.24) is 0 Å². The van der Waals surface area contributed by atoms with Crippen molar-refractivity contribution in [2.75, 3.05) is 10.2 Å². The van der Waals surface area contributed by atoms with Crippen LogP contribution in [0, 0.1) is 22.8 Å². The summed E-state index contributed by atoms with van der Waals surface area (Å²) in [5.41, 5.74) is 0.986. The molecule has 0 fully saturated rings. The van der Waals surface area contributed by atoms with Crippen molar-refractivity contribution in [3.8, 4) is 12.3 Å². The molecule has 1 rings (SSSR count). The molecule has 0 heterocycles. The van der Waals surface area contributed by atoms with E-state index in [1.54, 1.807) is 18.2 Å². The highest BCUT2D eigenvalue weighted by Gasteiger charge is 2.12. The summed E-state index contributed by atoms with van der Waals surface area (Å²) in [7, 11) is 0. The second kappa shape index (κ2) is 5.34. The van der Waals surface area contributed by atoms with Gasteiger partial charge in [0, 0.05) is 13.1 Å². The van der Waals surface area contributed by atoms with E-state index in [-0.39, 0.29) is 11.5 Å². The highest BCUT2D eigenvalue weighted by atomic mass is 16.1. The first-order valence-corrected chi connectivity index (χ1v) is 4.76. The van der Waals surface area contributed by atoms with Crippen molar-refractivity contribution in [3.05, 3.63) is 36.5 Å². The summed E-state index contributed by atoms with van der Waals surface area (Å²) in [6.07, 6.45) is 3.17. The molecular weight excluding hydrogens is 216 g/mol. The Morgan fingerprint density at radius 2 is 2.24 bits per heavy atom. The first-order valence-electron chi connectivity index (χ1n) is 4.76. The molecule has 0 radical (unpaired) electrons. The lowest BCUT2D eigenvalue weighted by atomic mass is 10.1. The molecule has 0 bridgehead atoms. The second-order valence-corrected chi connectivity index (χ2v) is 3.15. The minimum Gasteiger partial charge on any atom is -0.325 e. The molecule has 17 heavy (non-hydrogen) atoms. The molecule has 0 aliphatic heterocycles. The summed E-state index contributed by atoms with van der Waals surface area (Å²) in [4.78, 5) is 12.1. The third-order valence-electron chi connectivity index (χ3n) is 2.01. The van der Waals surface area contributed by atoms with Crippen molar-refractivity contribution in [1.29, 1.82) is 10.5 Å². The van der Waals surface area contributed by atoms with Gasteiger partial charge in [0.25, 0.3) is 0 Å². The molecule has 5 heteroatoms. The molecule has 5 nitrogen and oxygen atoms in total. The molecule has 84 valence electrons. The van der Waals surface area contributed by atoms with Gasteiger partial charge < -0.3 is 5.32 Å². The molecule has 0 atom stereocenters. The molecule has 1 N–H and O–H groups in total. The summed E-state index contributed by atoms with van der Waals surface area (Å²) in [6.45, 7) is 4.83. The van der Waals surface area contributed by atoms with Crippen LogP contribution in [0.15, 0.2) is 31.0 Å². The van der Waals surface area contributed by atoms with Gasteiger partial charge in [-0.2, -0.15) is 10.5 Å². The molecule has 1 aromatic carbocycles. The van der Waals surface area contributed by atoms with Gasteiger partial charge >= 0.3 is 0 Å². The lowest BCUT2D eigenvalue weighted by Crippen LogP contribution is -2.12. The Balaban J connectivity index is 3.34. The first-order chi connectivity index (χ1) is 8.13. The fraction of sp³-hybridized carbons (Fsp3) is 0.0833. The van der Waals surface area contributed by atoms with Gasteiger partial charge in [-0.05, 0) is 12.1 Å². The van der Waals surface area contributed by atoms with Crippen molar-refractivity contribution >= 4 is 17.3 Å². The Kier molecular flexibility index (Phi) is 3.86. The van der Waals surface area contributed by atoms with Crippen LogP contribution in [0.3, 0.4) is 0 Å². The van der Waals surface area contributed by atoms with Crippen molar-refractivity contribution in [2.45, 2.75) is 6.92 Å². The topological polar surface area (TPSA) is 79.9 Å². The van der Waals surface area contributed by atoms with E-state index in [2.05, 4.69) is 11.9 Å². The summed E-state index contributed by atoms with van der Waals surface area (Å²) >= 11 is 0. The SMILES string of the molecule is C=CN(C#N)c1cccc(NC(C)=O)c1C#N. The van der Waals surface area contributed by atoms with Gasteiger partial charge in [-0.3, -0.25) is 9.69 Å². The quantitative estimate of drug-likeness (QED) is 0.631. The van der Waals surface area contributed by atoms with E-state index < -0.39 is 0 Å². The Hall–Kier alpha value is -2.79. The van der Waals surface area contributed by atoms with E-state index in [1.165, 1.54) is 13.1 Å². The van der Waals surface area contributed by atoms with Crippen LogP contribution in [-0.2, 0) is 4.79 Å². The smallest absolute Gasteiger partial charge is 0.221 e. The predicted molar refractivity (Wildman–Crippen MR) is 63.7 cm³/mol. The summed E-state index contributed by atoms with van der Waals surface area (Å²) in [6, 6.07) is 6.82. The third-order valence-corrected chi connectivity index (χ3v) is 2.01. The largest absolute Gasteiger partial charge is 0.325 e. The molecule has 0 aliphatic carbocycles. The van der Waals surface area contributed by atoms with Crippen LogP contribution in [0.1, 0.15) is 12.5 Å². The maximum atomic E-state index is 11.0. The zero-order chi connectivity index (χ0) is 12.8. The maximum Gasteiger partial charge on any atom is 0.221 e. The number of nitriles is 2. The van der Waals surface area contributed by atoms with Crippen LogP contribution in [0.25, 0.3) is 0 Å². The van der Waals surface area contributed by atoms with Crippen LogP contribution in [0.4, 0.5) is 11.4 Å². The highest BCUT2D eigenvalue weighted by molar-refractivity contribution is 5.92. The molecule has 0 aromatic heterocycles. The number of nitrogens with zero attached hydrogens (tertiary/aromatic N) is 3. The van der Waals surface area contributed by atoms with Crippen LogP contribution in [0.5, 0.6) is 0 Å². The van der Waals surface area contributed by atoms with E-state index in [9.17, 15) is 4.79 Å². The Bertz CT molecular complexity index is 536. The van der Waals surface area contributed by atoms with Gasteiger partial charge in [-0.1, -0.05) is 12.6 Å². The second-order valence-electron chi connectivity index (χ2n) is 3.15. The van der Waals surface area contributed by atoms with E-state index in [0.29, 0.717) is 11.4 Å². The number of benzene rings is 1. The standard InChI is InChI=1S/C12H10N4O/c1-3-16(8-14)12-6-4-5-11(10(12)7-13)15-9(2)17/h3-6H,1H2,2H3,(H,15,17). The number of carbonyl (C=O) groups is 1. The normalized spacial score (nSPS) is 8.65. The minimum absolute atomic E-state index is 0.226. The lowest BCUT2D eigenvalue weighted by Gasteiger charge is -2.14. The van der Waals surface area contributed by atoms with E-state index in [0.717, 1.165) is 4.90 Å². The van der Waals surface area contributed by atoms with Crippen LogP contribution < -0.4 is 10.2 Å². The van der Waals surface area contributed by atoms with Gasteiger partial charge in [-0.15, -0.1) is 0 Å². The third kappa shape index (κ3) is 2.61. The van der Waals surface area contributed by atoms with Gasteiger partial charge in [0.2, 0.25) is 5.91 Å². The molecule has 0 saturated carbocycles. The fourth-order valence-electron chi connectivity index (χ4n) is 1.35. The molecule has 0 saturated heterocycles. The first kappa shape index (κ1) is 12.3. The number of nitrogens with one attached hydrogen (secondary N) is 1. The van der Waals surface area contributed by atoms with Gasteiger partial charge in [-0.25, -0.2) is 0 Å². The molecule has 0 spiro atoms. The number of rotatable bonds is 3. The molecular formula is C12H10N4O. The van der Waals surface area contributed by atoms with Crippen molar-refractivity contribution < 1.29 is 4.79 Å². The van der Waals surface area contributed by atoms with Gasteiger partial charge in [0.1, 0.15) is 11.6 Å². The molecule has 1 amide bonds. The Morgan fingerprint density at radius 1 is 1.53 bits per heavy atom. The highest BCUT2D eigenvalue weighted by Crippen LogP contribution is 2.26. The summed E-state index contributed by atoms with van der Waals surface area (Å²) in [5.74, 6) is -0.277. The summed E-state index contributed by atoms with van der Waals surface area (Å²) < 4.78 is 0. The number of anilines is 2. The van der Waals surface area contributed by atoms with Crippen molar-refractivity contribution in [2.24, 2.45) is 0 Å². The van der Waals surface area contributed by atoms with E-state index in [4.69, 9.17) is 10.5 Å². The van der Waals surface area contributed by atoms with Crippen LogP contribution in [0.2, 0.25) is 0 Å². The van der Waals surface area contributed by atoms with Gasteiger partial charge in [0.15, 0.2) is 6.19 Å². The number of hydrogen-bond acceptors (Lipinski definition) is 4. The Morgan fingerprint density at radius 3 is 2.71 bits per heavy atom. The van der Waals surface area contributed by atoms with Gasteiger partial charge in [0.05, 0.1) is 11.4 Å². The maximum absolute atomic E-state index is 11.0. The number of hydrogen-bond donors (Lipinski definition) is 1.